The van der Waals surface area contributed by atoms with Crippen LogP contribution in [0.1, 0.15) is 20.8 Å². The summed E-state index contributed by atoms with van der Waals surface area (Å²) in [6.07, 6.45) is -0.919. The minimum absolute atomic E-state index is 0.135. The Hall–Kier alpha value is -1.39. The molecule has 0 N–H and O–H groups in total. The maximum absolute atomic E-state index is 10.9. The molecule has 0 aromatic rings. The molecule has 0 bridgehead atoms. The summed E-state index contributed by atoms with van der Waals surface area (Å²) in [5, 5.41) is 0. The molecular weight excluding hydrogens is 162 g/mol. The van der Waals surface area contributed by atoms with Crippen LogP contribution in [-0.4, -0.2) is 29.4 Å². The van der Waals surface area contributed by atoms with E-state index in [4.69, 9.17) is 0 Å². The van der Waals surface area contributed by atoms with Crippen molar-refractivity contribution in [1.29, 1.82) is 0 Å². The molecule has 0 fully saturated rings. The number of carbonyl (C=O) groups is 3. The molecule has 0 heterocycles. The second-order valence-corrected chi connectivity index (χ2v) is 2.07. The molecule has 5 nitrogen and oxygen atoms in total. The molecule has 0 aliphatic carbocycles. The molecule has 0 saturated carbocycles. The Morgan fingerprint density at radius 1 is 1.17 bits per heavy atom. The van der Waals surface area contributed by atoms with E-state index in [0.29, 0.717) is 4.90 Å². The minimum atomic E-state index is -0.919. The van der Waals surface area contributed by atoms with Gasteiger partial charge in [-0.2, -0.15) is 4.90 Å². The zero-order chi connectivity index (χ0) is 9.72. The number of amides is 3. The first-order valence-electron chi connectivity index (χ1n) is 3.48. The van der Waals surface area contributed by atoms with Gasteiger partial charge in [-0.1, -0.05) is 0 Å². The molecule has 0 rings (SSSR count). The summed E-state index contributed by atoms with van der Waals surface area (Å²) in [4.78, 5) is 32.7. The minimum Gasteiger partial charge on any atom is -0.449 e. The van der Waals surface area contributed by atoms with Gasteiger partial charge in [0.25, 0.3) is 0 Å². The van der Waals surface area contributed by atoms with Crippen LogP contribution in [-0.2, 0) is 14.3 Å². The van der Waals surface area contributed by atoms with Crippen LogP contribution in [0.25, 0.3) is 0 Å². The van der Waals surface area contributed by atoms with Crippen LogP contribution in [0.4, 0.5) is 4.79 Å². The van der Waals surface area contributed by atoms with E-state index in [-0.39, 0.29) is 6.61 Å². The lowest BCUT2D eigenvalue weighted by Crippen LogP contribution is -2.39. The van der Waals surface area contributed by atoms with Crippen LogP contribution in [0.2, 0.25) is 0 Å². The van der Waals surface area contributed by atoms with E-state index in [9.17, 15) is 14.4 Å². The zero-order valence-electron chi connectivity index (χ0n) is 7.29. The number of hydrogen-bond acceptors (Lipinski definition) is 4. The van der Waals surface area contributed by atoms with E-state index in [0.717, 1.165) is 13.8 Å². The van der Waals surface area contributed by atoms with Gasteiger partial charge >= 0.3 is 6.09 Å². The van der Waals surface area contributed by atoms with Crippen LogP contribution < -0.4 is 0 Å². The van der Waals surface area contributed by atoms with Crippen molar-refractivity contribution >= 4 is 17.9 Å². The molecule has 68 valence electrons. The van der Waals surface area contributed by atoms with Crippen molar-refractivity contribution in [2.45, 2.75) is 20.8 Å². The van der Waals surface area contributed by atoms with Crippen LogP contribution in [0, 0.1) is 0 Å². The third-order valence-electron chi connectivity index (χ3n) is 1.08. The van der Waals surface area contributed by atoms with Gasteiger partial charge in [0.2, 0.25) is 11.8 Å². The van der Waals surface area contributed by atoms with E-state index in [1.807, 2.05) is 0 Å². The maximum atomic E-state index is 10.9. The lowest BCUT2D eigenvalue weighted by atomic mass is 10.5. The number of imide groups is 3. The molecule has 0 spiro atoms. The summed E-state index contributed by atoms with van der Waals surface area (Å²) in [5.74, 6) is -1.28. The third-order valence-corrected chi connectivity index (χ3v) is 1.08. The van der Waals surface area contributed by atoms with Crippen LogP contribution >= 0.6 is 0 Å². The van der Waals surface area contributed by atoms with Crippen molar-refractivity contribution in [3.05, 3.63) is 0 Å². The monoisotopic (exact) mass is 173 g/mol. The fourth-order valence-electron chi connectivity index (χ4n) is 0.667. The van der Waals surface area contributed by atoms with Crippen molar-refractivity contribution in [3.8, 4) is 0 Å². The van der Waals surface area contributed by atoms with E-state index in [1.165, 1.54) is 0 Å². The molecule has 0 atom stereocenters. The van der Waals surface area contributed by atoms with Crippen molar-refractivity contribution < 1.29 is 19.1 Å². The summed E-state index contributed by atoms with van der Waals surface area (Å²) < 4.78 is 4.47. The highest BCUT2D eigenvalue weighted by atomic mass is 16.6. The second-order valence-electron chi connectivity index (χ2n) is 2.07. The molecule has 5 heteroatoms. The molecule has 0 unspecified atom stereocenters. The fourth-order valence-corrected chi connectivity index (χ4v) is 0.667. The third kappa shape index (κ3) is 2.69. The van der Waals surface area contributed by atoms with Crippen LogP contribution in [0.5, 0.6) is 0 Å². The fraction of sp³-hybridized carbons (Fsp3) is 0.571. The molecule has 0 saturated heterocycles. The number of rotatable bonds is 1. The predicted octanol–water partition coefficient (Wildman–Crippen LogP) is 0.538. The van der Waals surface area contributed by atoms with E-state index < -0.39 is 17.9 Å². The van der Waals surface area contributed by atoms with Crippen molar-refractivity contribution in [2.75, 3.05) is 6.61 Å². The van der Waals surface area contributed by atoms with E-state index in [1.54, 1.807) is 6.92 Å². The standard InChI is InChI=1S/C7H11NO4/c1-4-12-7(11)8(5(2)9)6(3)10/h4H2,1-3H3. The Morgan fingerprint density at radius 3 is 1.83 bits per heavy atom. The van der Waals surface area contributed by atoms with Gasteiger partial charge in [0, 0.05) is 13.8 Å². The Morgan fingerprint density at radius 2 is 1.58 bits per heavy atom. The quantitative estimate of drug-likeness (QED) is 0.580. The predicted molar refractivity (Wildman–Crippen MR) is 40.2 cm³/mol. The highest BCUT2D eigenvalue weighted by Crippen LogP contribution is 1.95. The Kier molecular flexibility index (Phi) is 3.96. The second kappa shape index (κ2) is 4.48. The highest BCUT2D eigenvalue weighted by molar-refractivity contribution is 6.07. The van der Waals surface area contributed by atoms with Gasteiger partial charge in [-0.3, -0.25) is 9.59 Å². The summed E-state index contributed by atoms with van der Waals surface area (Å²) in [5.41, 5.74) is 0. The van der Waals surface area contributed by atoms with Crippen molar-refractivity contribution in [2.24, 2.45) is 0 Å². The average Bonchev–Trinajstić information content (AvgIpc) is 1.85. The summed E-state index contributed by atoms with van der Waals surface area (Å²) in [7, 11) is 0. The lowest BCUT2D eigenvalue weighted by Gasteiger charge is -2.13. The average molecular weight is 173 g/mol. The molecular formula is C7H11NO4. The van der Waals surface area contributed by atoms with Gasteiger partial charge in [-0.05, 0) is 6.92 Å². The largest absolute Gasteiger partial charge is 0.449 e. The number of hydrogen-bond donors (Lipinski definition) is 0. The Labute approximate surface area is 70.3 Å². The number of nitrogens with zero attached hydrogens (tertiary/aromatic N) is 1. The molecule has 12 heavy (non-hydrogen) atoms. The summed E-state index contributed by atoms with van der Waals surface area (Å²) in [6, 6.07) is 0. The van der Waals surface area contributed by atoms with Crippen molar-refractivity contribution in [3.63, 3.8) is 0 Å². The topological polar surface area (TPSA) is 63.7 Å². The summed E-state index contributed by atoms with van der Waals surface area (Å²) in [6.45, 7) is 3.98. The van der Waals surface area contributed by atoms with E-state index in [2.05, 4.69) is 4.74 Å². The van der Waals surface area contributed by atoms with Gasteiger partial charge in [0.1, 0.15) is 0 Å². The lowest BCUT2D eigenvalue weighted by molar-refractivity contribution is -0.139. The molecule has 3 amide bonds. The number of carbonyl (C=O) groups excluding carboxylic acids is 3. The van der Waals surface area contributed by atoms with Crippen LogP contribution in [0.15, 0.2) is 0 Å². The van der Waals surface area contributed by atoms with Gasteiger partial charge < -0.3 is 4.74 Å². The normalized spacial score (nSPS) is 8.92. The Bertz CT molecular complexity index is 197. The smallest absolute Gasteiger partial charge is 0.423 e. The molecule has 0 aliphatic heterocycles. The SMILES string of the molecule is CCOC(=O)N(C(C)=O)C(C)=O. The summed E-state index contributed by atoms with van der Waals surface area (Å²) >= 11 is 0. The highest BCUT2D eigenvalue weighted by Gasteiger charge is 2.23. The first-order chi connectivity index (χ1) is 5.50. The van der Waals surface area contributed by atoms with Crippen LogP contribution in [0.3, 0.4) is 0 Å². The first kappa shape index (κ1) is 10.6. The number of ether oxygens (including phenoxy) is 1. The first-order valence-corrected chi connectivity index (χ1v) is 3.48. The van der Waals surface area contributed by atoms with Crippen molar-refractivity contribution in [1.82, 2.24) is 4.90 Å². The molecule has 0 radical (unpaired) electrons. The van der Waals surface area contributed by atoms with Gasteiger partial charge in [0.15, 0.2) is 0 Å². The zero-order valence-corrected chi connectivity index (χ0v) is 7.29. The van der Waals surface area contributed by atoms with E-state index >= 15 is 0 Å². The molecule has 0 aromatic carbocycles. The van der Waals surface area contributed by atoms with Gasteiger partial charge in [0.05, 0.1) is 6.61 Å². The van der Waals surface area contributed by atoms with Gasteiger partial charge in [-0.15, -0.1) is 0 Å². The van der Waals surface area contributed by atoms with Gasteiger partial charge in [-0.25, -0.2) is 4.79 Å². The maximum Gasteiger partial charge on any atom is 0.423 e. The Balaban J connectivity index is 4.41. The molecule has 0 aliphatic rings. The molecule has 0 aromatic heterocycles.